The smallest absolute Gasteiger partial charge is 0.000556 e. The molecule has 9 heavy (non-hydrogen) atoms. The van der Waals surface area contributed by atoms with Crippen molar-refractivity contribution in [1.82, 2.24) is 0 Å². The maximum Gasteiger partial charge on any atom is 0.000556 e. The van der Waals surface area contributed by atoms with Crippen LogP contribution in [0.3, 0.4) is 0 Å². The van der Waals surface area contributed by atoms with Gasteiger partial charge < -0.3 is 0 Å². The van der Waals surface area contributed by atoms with E-state index in [1.165, 1.54) is 38.5 Å². The quantitative estimate of drug-likeness (QED) is 0.500. The second-order valence-corrected chi connectivity index (χ2v) is 3.08. The van der Waals surface area contributed by atoms with Crippen molar-refractivity contribution >= 4 is 0 Å². The number of allylic oxidation sites excluding steroid dienone is 2. The van der Waals surface area contributed by atoms with Crippen LogP contribution in [0.5, 0.6) is 0 Å². The maximum absolute atomic E-state index is 2.40. The summed E-state index contributed by atoms with van der Waals surface area (Å²) in [4.78, 5) is 0. The summed E-state index contributed by atoms with van der Waals surface area (Å²) in [6, 6.07) is 0. The van der Waals surface area contributed by atoms with E-state index in [4.69, 9.17) is 0 Å². The largest absolute Gasteiger partial charge is 0.0844 e. The van der Waals surface area contributed by atoms with Crippen LogP contribution in [0.4, 0.5) is 0 Å². The molecule has 0 aromatic rings. The molecule has 0 heterocycles. The highest BCUT2D eigenvalue weighted by Gasteiger charge is 2.21. The second kappa shape index (κ2) is 2.17. The molecule has 1 saturated carbocycles. The van der Waals surface area contributed by atoms with Gasteiger partial charge in [-0.2, -0.15) is 0 Å². The number of hydrogen-bond donors (Lipinski definition) is 0. The van der Waals surface area contributed by atoms with E-state index in [2.05, 4.69) is 6.08 Å². The van der Waals surface area contributed by atoms with E-state index in [1.807, 2.05) is 0 Å². The Bertz CT molecular complexity index is 127. The van der Waals surface area contributed by atoms with E-state index in [-0.39, 0.29) is 0 Å². The molecule has 0 amide bonds. The van der Waals surface area contributed by atoms with Gasteiger partial charge in [-0.1, -0.05) is 24.5 Å². The van der Waals surface area contributed by atoms with Crippen molar-refractivity contribution in [2.24, 2.45) is 0 Å². The Morgan fingerprint density at radius 1 is 1.00 bits per heavy atom. The maximum atomic E-state index is 2.40. The van der Waals surface area contributed by atoms with Crippen molar-refractivity contribution in [1.29, 1.82) is 0 Å². The van der Waals surface area contributed by atoms with Crippen molar-refractivity contribution in [3.63, 3.8) is 0 Å². The number of rotatable bonds is 1. The minimum absolute atomic E-state index is 1.35. The summed E-state index contributed by atoms with van der Waals surface area (Å²) in [5.74, 6) is 1.78. The van der Waals surface area contributed by atoms with Gasteiger partial charge in [-0.25, -0.2) is 0 Å². The first-order valence-electron chi connectivity index (χ1n) is 4.01. The minimum Gasteiger partial charge on any atom is -0.0844 e. The van der Waals surface area contributed by atoms with Crippen molar-refractivity contribution < 1.29 is 0 Å². The van der Waals surface area contributed by atoms with Crippen LogP contribution >= 0.6 is 0 Å². The predicted octanol–water partition coefficient (Wildman–Crippen LogP) is 2.86. The van der Waals surface area contributed by atoms with Crippen LogP contribution in [0.2, 0.25) is 0 Å². The molecule has 0 spiro atoms. The summed E-state index contributed by atoms with van der Waals surface area (Å²) in [6.07, 6.45) is 10.9. The lowest BCUT2D eigenvalue weighted by molar-refractivity contribution is 0.789. The van der Waals surface area contributed by atoms with Crippen LogP contribution < -0.4 is 0 Å². The first-order valence-corrected chi connectivity index (χ1v) is 4.01. The topological polar surface area (TPSA) is 0 Å². The molecule has 2 rings (SSSR count). The molecule has 49 valence electrons. The van der Waals surface area contributed by atoms with E-state index in [0.717, 1.165) is 0 Å². The molecule has 1 radical (unpaired) electrons. The predicted molar refractivity (Wildman–Crippen MR) is 39.0 cm³/mol. The highest BCUT2D eigenvalue weighted by atomic mass is 14.3. The van der Waals surface area contributed by atoms with E-state index in [9.17, 15) is 0 Å². The minimum atomic E-state index is 1.35. The van der Waals surface area contributed by atoms with Crippen LogP contribution in [-0.4, -0.2) is 0 Å². The SMILES string of the molecule is C1=C([C]2CCCC2)CC1. The Morgan fingerprint density at radius 3 is 2.11 bits per heavy atom. The number of hydrogen-bond acceptors (Lipinski definition) is 0. The van der Waals surface area contributed by atoms with Crippen LogP contribution in [0.1, 0.15) is 38.5 Å². The molecule has 0 atom stereocenters. The summed E-state index contributed by atoms with van der Waals surface area (Å²) < 4.78 is 0. The lowest BCUT2D eigenvalue weighted by atomic mass is 9.86. The Balaban J connectivity index is 1.96. The molecule has 0 aromatic heterocycles. The van der Waals surface area contributed by atoms with Gasteiger partial charge in [-0.05, 0) is 25.7 Å². The molecule has 2 aliphatic rings. The average Bonchev–Trinajstić information content (AvgIpc) is 2.11. The van der Waals surface area contributed by atoms with Gasteiger partial charge >= 0.3 is 0 Å². The van der Waals surface area contributed by atoms with Crippen molar-refractivity contribution in [3.8, 4) is 0 Å². The van der Waals surface area contributed by atoms with Gasteiger partial charge in [-0.3, -0.25) is 0 Å². The summed E-state index contributed by atoms with van der Waals surface area (Å²) >= 11 is 0. The zero-order valence-corrected chi connectivity index (χ0v) is 5.82. The third-order valence-electron chi connectivity index (χ3n) is 2.47. The zero-order chi connectivity index (χ0) is 6.10. The summed E-state index contributed by atoms with van der Waals surface area (Å²) in [5, 5.41) is 0. The van der Waals surface area contributed by atoms with Gasteiger partial charge in [0.15, 0.2) is 0 Å². The molecule has 0 saturated heterocycles. The van der Waals surface area contributed by atoms with Crippen LogP contribution in [0.25, 0.3) is 0 Å². The van der Waals surface area contributed by atoms with Crippen molar-refractivity contribution in [3.05, 3.63) is 17.6 Å². The third kappa shape index (κ3) is 0.910. The van der Waals surface area contributed by atoms with Gasteiger partial charge in [0.1, 0.15) is 0 Å². The van der Waals surface area contributed by atoms with Crippen LogP contribution in [-0.2, 0) is 0 Å². The van der Waals surface area contributed by atoms with E-state index in [0.29, 0.717) is 0 Å². The average molecular weight is 121 g/mol. The first kappa shape index (κ1) is 5.52. The lowest BCUT2D eigenvalue weighted by Crippen LogP contribution is -2.02. The third-order valence-corrected chi connectivity index (χ3v) is 2.47. The first-order chi connectivity index (χ1) is 4.47. The van der Waals surface area contributed by atoms with Gasteiger partial charge in [0.05, 0.1) is 0 Å². The molecule has 0 N–H and O–H groups in total. The highest BCUT2D eigenvalue weighted by Crippen LogP contribution is 2.39. The van der Waals surface area contributed by atoms with Gasteiger partial charge in [-0.15, -0.1) is 0 Å². The van der Waals surface area contributed by atoms with E-state index >= 15 is 0 Å². The molecule has 2 aliphatic carbocycles. The van der Waals surface area contributed by atoms with Gasteiger partial charge in [0.2, 0.25) is 0 Å². The Labute approximate surface area is 57.0 Å². The Kier molecular flexibility index (Phi) is 1.33. The summed E-state index contributed by atoms with van der Waals surface area (Å²) in [7, 11) is 0. The molecule has 0 unspecified atom stereocenters. The second-order valence-electron chi connectivity index (χ2n) is 3.08. The van der Waals surface area contributed by atoms with Gasteiger partial charge in [0, 0.05) is 5.92 Å². The molecule has 0 aromatic carbocycles. The fourth-order valence-corrected chi connectivity index (χ4v) is 1.73. The standard InChI is InChI=1S/C9H13/c1-2-5-8(4-1)9-6-3-7-9/h6H,1-5,7H2. The molecule has 1 fully saturated rings. The van der Waals surface area contributed by atoms with E-state index in [1.54, 1.807) is 11.5 Å². The fraction of sp³-hybridized carbons (Fsp3) is 0.667. The molecule has 0 bridgehead atoms. The molecular formula is C9H13. The normalized spacial score (nSPS) is 27.8. The monoisotopic (exact) mass is 121 g/mol. The highest BCUT2D eigenvalue weighted by molar-refractivity contribution is 5.31. The molecule has 0 heteroatoms. The Hall–Kier alpha value is -0.260. The molecule has 0 aliphatic heterocycles. The van der Waals surface area contributed by atoms with Gasteiger partial charge in [0.25, 0.3) is 0 Å². The lowest BCUT2D eigenvalue weighted by Gasteiger charge is -2.19. The molecular weight excluding hydrogens is 108 g/mol. The molecule has 0 nitrogen and oxygen atoms in total. The summed E-state index contributed by atoms with van der Waals surface area (Å²) in [6.45, 7) is 0. The fourth-order valence-electron chi connectivity index (χ4n) is 1.73. The zero-order valence-electron chi connectivity index (χ0n) is 5.82. The Morgan fingerprint density at radius 2 is 1.67 bits per heavy atom. The van der Waals surface area contributed by atoms with Crippen molar-refractivity contribution in [2.75, 3.05) is 0 Å². The van der Waals surface area contributed by atoms with Crippen molar-refractivity contribution in [2.45, 2.75) is 38.5 Å². The van der Waals surface area contributed by atoms with Crippen LogP contribution in [0.15, 0.2) is 11.6 Å². The summed E-state index contributed by atoms with van der Waals surface area (Å²) in [5.41, 5.74) is 1.70. The van der Waals surface area contributed by atoms with Crippen LogP contribution in [0, 0.1) is 5.92 Å². The van der Waals surface area contributed by atoms with E-state index < -0.39 is 0 Å².